The first-order chi connectivity index (χ1) is 24.5. The van der Waals surface area contributed by atoms with Crippen LogP contribution in [0.5, 0.6) is 0 Å². The lowest BCUT2D eigenvalue weighted by Crippen LogP contribution is -2.25. The van der Waals surface area contributed by atoms with Gasteiger partial charge in [-0.05, 0) is 44.9 Å². The van der Waals surface area contributed by atoms with Gasteiger partial charge in [0.25, 0.3) is 0 Å². The average molecular weight is 699 g/mol. The van der Waals surface area contributed by atoms with E-state index in [-0.39, 0.29) is 31.6 Å². The van der Waals surface area contributed by atoms with Crippen LogP contribution in [0.2, 0.25) is 0 Å². The molecule has 6 nitrogen and oxygen atoms in total. The van der Waals surface area contributed by atoms with E-state index in [2.05, 4.69) is 50.3 Å². The van der Waals surface area contributed by atoms with E-state index in [9.17, 15) is 19.8 Å². The van der Waals surface area contributed by atoms with Crippen molar-refractivity contribution in [3.8, 4) is 0 Å². The van der Waals surface area contributed by atoms with Crippen molar-refractivity contribution in [1.82, 2.24) is 0 Å². The minimum atomic E-state index is -1.01. The molecule has 0 radical (unpaired) electrons. The van der Waals surface area contributed by atoms with E-state index in [1.807, 2.05) is 30.4 Å². The second-order valence-corrected chi connectivity index (χ2v) is 13.2. The number of allylic oxidation sites excluding steroid dienone is 10. The van der Waals surface area contributed by atoms with Crippen LogP contribution in [0.15, 0.2) is 72.9 Å². The van der Waals surface area contributed by atoms with E-state index in [0.717, 1.165) is 44.9 Å². The highest BCUT2D eigenvalue weighted by atomic mass is 16.6. The summed E-state index contributed by atoms with van der Waals surface area (Å²) >= 11 is 0. The van der Waals surface area contributed by atoms with E-state index in [0.29, 0.717) is 19.3 Å². The quantitative estimate of drug-likeness (QED) is 0.0296. The topological polar surface area (TPSA) is 93.1 Å². The number of aliphatic hydroxyl groups excluding tert-OH is 2. The molecule has 0 heterocycles. The smallest absolute Gasteiger partial charge is 0.306 e. The monoisotopic (exact) mass is 699 g/mol. The molecule has 0 aromatic carbocycles. The van der Waals surface area contributed by atoms with Crippen molar-refractivity contribution >= 4 is 11.9 Å². The number of esters is 2. The summed E-state index contributed by atoms with van der Waals surface area (Å²) in [5, 5.41) is 19.8. The van der Waals surface area contributed by atoms with E-state index in [1.54, 1.807) is 6.08 Å². The maximum Gasteiger partial charge on any atom is 0.306 e. The minimum absolute atomic E-state index is 0.150. The number of hydrogen-bond acceptors (Lipinski definition) is 6. The zero-order chi connectivity index (χ0) is 36.6. The predicted octanol–water partition coefficient (Wildman–Crippen LogP) is 11.5. The number of carbonyl (C=O) groups is 2. The lowest BCUT2D eigenvalue weighted by atomic mass is 10.0. The molecule has 0 saturated carbocycles. The standard InChI is InChI=1S/C44H74O6/c1-3-5-7-8-9-10-11-12-13-14-17-20-23-26-29-33-37-43(47)49-39-42(46)40-50-44(48)38-34-30-27-24-21-18-15-16-19-22-25-28-32-36-41(45)35-31-6-4-2/h6,16,18-19,21,25,27-28,30-32,36,41-42,45-46H,3-5,7-15,17,20,22-24,26,29,33-35,37-40H2,1-2H3/b19-16-,21-18-,28-25+,30-27-,31-6-,36-32+/t41?,42-/m1/s1. The van der Waals surface area contributed by atoms with Crippen LogP contribution in [0.3, 0.4) is 0 Å². The van der Waals surface area contributed by atoms with Crippen LogP contribution in [-0.2, 0) is 19.1 Å². The second-order valence-electron chi connectivity index (χ2n) is 13.2. The Morgan fingerprint density at radius 3 is 1.50 bits per heavy atom. The summed E-state index contributed by atoms with van der Waals surface area (Å²) < 4.78 is 10.3. The van der Waals surface area contributed by atoms with Gasteiger partial charge in [0.05, 0.1) is 6.10 Å². The van der Waals surface area contributed by atoms with Crippen LogP contribution in [0.4, 0.5) is 0 Å². The molecule has 0 spiro atoms. The number of carbonyl (C=O) groups excluding carboxylic acids is 2. The largest absolute Gasteiger partial charge is 0.463 e. The Morgan fingerprint density at radius 2 is 0.980 bits per heavy atom. The first-order valence-corrected chi connectivity index (χ1v) is 20.1. The van der Waals surface area contributed by atoms with Crippen LogP contribution < -0.4 is 0 Å². The Kier molecular flexibility index (Phi) is 37.0. The minimum Gasteiger partial charge on any atom is -0.463 e. The van der Waals surface area contributed by atoms with Gasteiger partial charge in [-0.15, -0.1) is 0 Å². The molecule has 0 aromatic heterocycles. The van der Waals surface area contributed by atoms with Crippen molar-refractivity contribution in [3.63, 3.8) is 0 Å². The Bertz CT molecular complexity index is 944. The van der Waals surface area contributed by atoms with Gasteiger partial charge in [0, 0.05) is 12.8 Å². The van der Waals surface area contributed by atoms with Gasteiger partial charge in [0.15, 0.2) is 0 Å². The van der Waals surface area contributed by atoms with Crippen LogP contribution in [0.25, 0.3) is 0 Å². The normalized spacial score (nSPS) is 13.6. The fourth-order valence-corrected chi connectivity index (χ4v) is 5.25. The highest BCUT2D eigenvalue weighted by Crippen LogP contribution is 2.14. The van der Waals surface area contributed by atoms with Crippen molar-refractivity contribution in [2.45, 2.75) is 180 Å². The van der Waals surface area contributed by atoms with Gasteiger partial charge in [-0.25, -0.2) is 0 Å². The number of hydrogen-bond donors (Lipinski definition) is 2. The first-order valence-electron chi connectivity index (χ1n) is 20.1. The Hall–Kier alpha value is -2.70. The van der Waals surface area contributed by atoms with Crippen molar-refractivity contribution in [2.24, 2.45) is 0 Å². The highest BCUT2D eigenvalue weighted by molar-refractivity contribution is 5.70. The number of ether oxygens (including phenoxy) is 2. The maximum absolute atomic E-state index is 12.0. The molecular weight excluding hydrogens is 624 g/mol. The molecular formula is C44H74O6. The van der Waals surface area contributed by atoms with Crippen molar-refractivity contribution in [1.29, 1.82) is 0 Å². The van der Waals surface area contributed by atoms with Crippen molar-refractivity contribution < 1.29 is 29.3 Å². The molecule has 0 amide bonds. The fraction of sp³-hybridized carbons (Fsp3) is 0.682. The Balaban J connectivity index is 3.61. The number of aliphatic hydroxyl groups is 2. The molecule has 6 heteroatoms. The fourth-order valence-electron chi connectivity index (χ4n) is 5.25. The molecule has 50 heavy (non-hydrogen) atoms. The number of unbranched alkanes of at least 4 members (excludes halogenated alkanes) is 15. The summed E-state index contributed by atoms with van der Waals surface area (Å²) in [5.41, 5.74) is 0. The summed E-state index contributed by atoms with van der Waals surface area (Å²) in [6, 6.07) is 0. The molecule has 0 aromatic rings. The molecule has 2 atom stereocenters. The van der Waals surface area contributed by atoms with Gasteiger partial charge < -0.3 is 19.7 Å². The molecule has 0 aliphatic carbocycles. The summed E-state index contributed by atoms with van der Waals surface area (Å²) in [6.07, 6.45) is 48.7. The summed E-state index contributed by atoms with van der Waals surface area (Å²) in [7, 11) is 0. The maximum atomic E-state index is 12.0. The van der Waals surface area contributed by atoms with E-state index in [1.165, 1.54) is 83.5 Å². The molecule has 0 aliphatic rings. The lowest BCUT2D eigenvalue weighted by Gasteiger charge is -2.12. The molecule has 2 N–H and O–H groups in total. The van der Waals surface area contributed by atoms with Gasteiger partial charge in [-0.2, -0.15) is 0 Å². The zero-order valence-corrected chi connectivity index (χ0v) is 32.0. The van der Waals surface area contributed by atoms with E-state index < -0.39 is 12.2 Å². The highest BCUT2D eigenvalue weighted by Gasteiger charge is 2.11. The van der Waals surface area contributed by atoms with Gasteiger partial charge >= 0.3 is 11.9 Å². The van der Waals surface area contributed by atoms with Gasteiger partial charge in [-0.1, -0.05) is 183 Å². The summed E-state index contributed by atoms with van der Waals surface area (Å²) in [4.78, 5) is 23.9. The Labute approximate surface area is 306 Å². The zero-order valence-electron chi connectivity index (χ0n) is 32.0. The molecule has 0 bridgehead atoms. The third-order valence-corrected chi connectivity index (χ3v) is 8.30. The molecule has 1 unspecified atom stereocenters. The molecule has 286 valence electrons. The van der Waals surface area contributed by atoms with Crippen molar-refractivity contribution in [3.05, 3.63) is 72.9 Å². The molecule has 0 rings (SSSR count). The summed E-state index contributed by atoms with van der Waals surface area (Å²) in [6.45, 7) is 4.03. The van der Waals surface area contributed by atoms with Crippen LogP contribution >= 0.6 is 0 Å². The SMILES string of the molecule is CC/C=C\CC(O)/C=C/C=C/C/C=C\C/C=C\C/C=C\CCC(=O)OC[C@H](O)COC(=O)CCCCCCCCCCCCCCCCCC. The van der Waals surface area contributed by atoms with E-state index >= 15 is 0 Å². The van der Waals surface area contributed by atoms with Crippen LogP contribution in [0.1, 0.15) is 168 Å². The van der Waals surface area contributed by atoms with Gasteiger partial charge in [0.2, 0.25) is 0 Å². The van der Waals surface area contributed by atoms with Crippen molar-refractivity contribution in [2.75, 3.05) is 13.2 Å². The second kappa shape index (κ2) is 39.1. The third-order valence-electron chi connectivity index (χ3n) is 8.30. The number of rotatable bonds is 35. The average Bonchev–Trinajstić information content (AvgIpc) is 3.11. The van der Waals surface area contributed by atoms with Gasteiger partial charge in [0.1, 0.15) is 19.3 Å². The predicted molar refractivity (Wildman–Crippen MR) is 211 cm³/mol. The van der Waals surface area contributed by atoms with Gasteiger partial charge in [-0.3, -0.25) is 9.59 Å². The van der Waals surface area contributed by atoms with E-state index in [4.69, 9.17) is 9.47 Å². The Morgan fingerprint density at radius 1 is 0.520 bits per heavy atom. The summed E-state index contributed by atoms with van der Waals surface area (Å²) in [5.74, 6) is -0.681. The van der Waals surface area contributed by atoms with Crippen LogP contribution in [-0.4, -0.2) is 47.6 Å². The van der Waals surface area contributed by atoms with Crippen LogP contribution in [0, 0.1) is 0 Å². The lowest BCUT2D eigenvalue weighted by molar-refractivity contribution is -0.152. The molecule has 0 saturated heterocycles. The molecule has 0 aliphatic heterocycles. The first kappa shape index (κ1) is 47.3. The molecule has 0 fully saturated rings. The third kappa shape index (κ3) is 38.1.